The minimum atomic E-state index is -0.360. The van der Waals surface area contributed by atoms with Crippen LogP contribution in [-0.2, 0) is 4.79 Å². The number of nitrogens with zero attached hydrogens (tertiary/aromatic N) is 1. The summed E-state index contributed by atoms with van der Waals surface area (Å²) >= 11 is 4.92. The van der Waals surface area contributed by atoms with Gasteiger partial charge in [-0.3, -0.25) is 4.79 Å². The Kier molecular flexibility index (Phi) is 6.50. The molecule has 1 atom stereocenters. The fourth-order valence-corrected chi connectivity index (χ4v) is 3.21. The van der Waals surface area contributed by atoms with E-state index in [4.69, 9.17) is 0 Å². The highest BCUT2D eigenvalue weighted by Crippen LogP contribution is 2.20. The van der Waals surface area contributed by atoms with Crippen molar-refractivity contribution in [3.8, 4) is 0 Å². The van der Waals surface area contributed by atoms with E-state index in [0.717, 1.165) is 4.47 Å². The third kappa shape index (κ3) is 5.27. The molecule has 1 heterocycles. The van der Waals surface area contributed by atoms with Gasteiger partial charge in [0.05, 0.1) is 6.04 Å². The van der Waals surface area contributed by atoms with E-state index < -0.39 is 0 Å². The van der Waals surface area contributed by atoms with Gasteiger partial charge >= 0.3 is 0 Å². The summed E-state index contributed by atoms with van der Waals surface area (Å²) in [6.45, 7) is 0.494. The van der Waals surface area contributed by atoms with Crippen LogP contribution in [0, 0.1) is 5.82 Å². The molecule has 0 radical (unpaired) electrons. The van der Waals surface area contributed by atoms with Crippen molar-refractivity contribution >= 4 is 39.2 Å². The van der Waals surface area contributed by atoms with E-state index in [9.17, 15) is 9.18 Å². The van der Waals surface area contributed by atoms with Crippen molar-refractivity contribution < 1.29 is 9.18 Å². The van der Waals surface area contributed by atoms with Gasteiger partial charge < -0.3 is 10.2 Å². The van der Waals surface area contributed by atoms with Gasteiger partial charge in [0, 0.05) is 22.7 Å². The number of amides is 1. The number of likely N-dealkylation sites (N-methyl/N-ethyl adjacent to an activating group) is 1. The van der Waals surface area contributed by atoms with Crippen LogP contribution in [0.1, 0.15) is 17.2 Å². The Morgan fingerprint density at radius 3 is 2.87 bits per heavy atom. The Balaban J connectivity index is 1.96. The average molecular weight is 397 g/mol. The van der Waals surface area contributed by atoms with Gasteiger partial charge in [-0.2, -0.15) is 11.3 Å². The zero-order chi connectivity index (χ0) is 16.8. The van der Waals surface area contributed by atoms with Gasteiger partial charge in [0.25, 0.3) is 0 Å². The molecule has 6 heteroatoms. The van der Waals surface area contributed by atoms with E-state index in [1.807, 2.05) is 25.5 Å². The maximum absolute atomic E-state index is 13.6. The van der Waals surface area contributed by atoms with Gasteiger partial charge in [-0.1, -0.05) is 15.9 Å². The summed E-state index contributed by atoms with van der Waals surface area (Å²) < 4.78 is 14.4. The summed E-state index contributed by atoms with van der Waals surface area (Å²) in [4.78, 5) is 14.0. The first-order chi connectivity index (χ1) is 11.0. The topological polar surface area (TPSA) is 32.3 Å². The molecule has 0 unspecified atom stereocenters. The molecule has 3 nitrogen and oxygen atoms in total. The summed E-state index contributed by atoms with van der Waals surface area (Å²) in [7, 11) is 3.95. The smallest absolute Gasteiger partial charge is 0.244 e. The molecule has 0 aliphatic carbocycles. The van der Waals surface area contributed by atoms with Crippen molar-refractivity contribution in [3.63, 3.8) is 0 Å². The number of carbonyl (C=O) groups is 1. The molecule has 23 heavy (non-hydrogen) atoms. The van der Waals surface area contributed by atoms with Crippen molar-refractivity contribution in [2.45, 2.75) is 6.04 Å². The second-order valence-electron chi connectivity index (χ2n) is 5.28. The Bertz CT molecular complexity index is 686. The number of hydrogen-bond acceptors (Lipinski definition) is 3. The van der Waals surface area contributed by atoms with Gasteiger partial charge in [0.15, 0.2) is 0 Å². The summed E-state index contributed by atoms with van der Waals surface area (Å²) in [5, 5.41) is 6.95. The second-order valence-corrected chi connectivity index (χ2v) is 6.98. The Labute approximate surface area is 147 Å². The predicted octanol–water partition coefficient (Wildman–Crippen LogP) is 4.08. The molecule has 1 aromatic carbocycles. The van der Waals surface area contributed by atoms with Crippen LogP contribution in [0.3, 0.4) is 0 Å². The molecule has 0 aliphatic heterocycles. The first-order valence-electron chi connectivity index (χ1n) is 7.07. The van der Waals surface area contributed by atoms with Crippen LogP contribution in [0.15, 0.2) is 45.6 Å². The lowest BCUT2D eigenvalue weighted by molar-refractivity contribution is -0.116. The lowest BCUT2D eigenvalue weighted by Gasteiger charge is -2.23. The molecule has 0 bridgehead atoms. The minimum absolute atomic E-state index is 0.112. The van der Waals surface area contributed by atoms with E-state index in [1.165, 1.54) is 23.8 Å². The fourth-order valence-electron chi connectivity index (χ4n) is 2.13. The highest BCUT2D eigenvalue weighted by molar-refractivity contribution is 9.10. The number of halogens is 2. The third-order valence-corrected chi connectivity index (χ3v) is 4.59. The van der Waals surface area contributed by atoms with Crippen LogP contribution in [0.4, 0.5) is 4.39 Å². The van der Waals surface area contributed by atoms with E-state index in [2.05, 4.69) is 31.5 Å². The normalized spacial score (nSPS) is 12.7. The van der Waals surface area contributed by atoms with Gasteiger partial charge in [0.2, 0.25) is 5.91 Å². The fraction of sp³-hybridized carbons (Fsp3) is 0.235. The lowest BCUT2D eigenvalue weighted by atomic mass is 10.1. The van der Waals surface area contributed by atoms with E-state index in [1.54, 1.807) is 23.5 Å². The highest BCUT2D eigenvalue weighted by atomic mass is 79.9. The Hall–Kier alpha value is -1.50. The summed E-state index contributed by atoms with van der Waals surface area (Å²) in [6.07, 6.45) is 2.83. The molecule has 2 aromatic rings. The average Bonchev–Trinajstić information content (AvgIpc) is 3.02. The molecular formula is C17H18BrFN2OS. The minimum Gasteiger partial charge on any atom is -0.351 e. The number of hydrogen-bond donors (Lipinski definition) is 1. The van der Waals surface area contributed by atoms with Crippen molar-refractivity contribution in [1.82, 2.24) is 10.2 Å². The van der Waals surface area contributed by atoms with Crippen molar-refractivity contribution in [1.29, 1.82) is 0 Å². The number of carbonyl (C=O) groups excluding carboxylic acids is 1. The molecule has 0 aliphatic rings. The van der Waals surface area contributed by atoms with Crippen LogP contribution < -0.4 is 5.32 Å². The molecule has 1 amide bonds. The van der Waals surface area contributed by atoms with E-state index in [0.29, 0.717) is 12.1 Å². The van der Waals surface area contributed by atoms with Crippen LogP contribution in [-0.4, -0.2) is 31.4 Å². The van der Waals surface area contributed by atoms with Gasteiger partial charge in [-0.15, -0.1) is 0 Å². The van der Waals surface area contributed by atoms with Crippen molar-refractivity contribution in [2.24, 2.45) is 0 Å². The van der Waals surface area contributed by atoms with Crippen LogP contribution in [0.25, 0.3) is 6.08 Å². The molecule has 122 valence electrons. The highest BCUT2D eigenvalue weighted by Gasteiger charge is 2.14. The molecule has 0 saturated carbocycles. The van der Waals surface area contributed by atoms with E-state index >= 15 is 0 Å². The monoisotopic (exact) mass is 396 g/mol. The Morgan fingerprint density at radius 1 is 1.43 bits per heavy atom. The number of thiophene rings is 1. The molecule has 2 rings (SSSR count). The van der Waals surface area contributed by atoms with Crippen LogP contribution >= 0.6 is 27.3 Å². The molecule has 1 N–H and O–H groups in total. The second kappa shape index (κ2) is 8.38. The van der Waals surface area contributed by atoms with Crippen molar-refractivity contribution in [2.75, 3.05) is 20.6 Å². The van der Waals surface area contributed by atoms with Crippen molar-refractivity contribution in [3.05, 3.63) is 62.5 Å². The standard InChI is InChI=1S/C17H18BrFN2OS/c1-21(2)16(13-7-8-23-11-13)10-20-17(22)6-3-12-9-14(18)4-5-15(12)19/h3-9,11,16H,10H2,1-2H3,(H,20,22)/b6-3+/t16-/m1/s1. The zero-order valence-electron chi connectivity index (χ0n) is 12.9. The van der Waals surface area contributed by atoms with Gasteiger partial charge in [-0.05, 0) is 60.8 Å². The zero-order valence-corrected chi connectivity index (χ0v) is 15.3. The first kappa shape index (κ1) is 17.8. The van der Waals surface area contributed by atoms with Crippen LogP contribution in [0.5, 0.6) is 0 Å². The van der Waals surface area contributed by atoms with E-state index in [-0.39, 0.29) is 17.8 Å². The Morgan fingerprint density at radius 2 is 2.22 bits per heavy atom. The molecule has 0 saturated heterocycles. The lowest BCUT2D eigenvalue weighted by Crippen LogP contribution is -2.33. The maximum atomic E-state index is 13.6. The quantitative estimate of drug-likeness (QED) is 0.745. The molecule has 1 aromatic heterocycles. The molecular weight excluding hydrogens is 379 g/mol. The molecule has 0 spiro atoms. The van der Waals surface area contributed by atoms with Crippen LogP contribution in [0.2, 0.25) is 0 Å². The van der Waals surface area contributed by atoms with Gasteiger partial charge in [0.1, 0.15) is 5.82 Å². The summed E-state index contributed by atoms with van der Waals surface area (Å²) in [5.74, 6) is -0.604. The SMILES string of the molecule is CN(C)[C@H](CNC(=O)/C=C/c1cc(Br)ccc1F)c1ccsc1. The van der Waals surface area contributed by atoms with Gasteiger partial charge in [-0.25, -0.2) is 4.39 Å². The largest absolute Gasteiger partial charge is 0.351 e. The first-order valence-corrected chi connectivity index (χ1v) is 8.80. The third-order valence-electron chi connectivity index (χ3n) is 3.39. The predicted molar refractivity (Wildman–Crippen MR) is 96.9 cm³/mol. The number of benzene rings is 1. The molecule has 0 fully saturated rings. The maximum Gasteiger partial charge on any atom is 0.244 e. The number of nitrogens with one attached hydrogen (secondary N) is 1. The summed E-state index contributed by atoms with van der Waals surface area (Å²) in [6, 6.07) is 6.78. The number of rotatable bonds is 6. The summed E-state index contributed by atoms with van der Waals surface area (Å²) in [5.41, 5.74) is 1.54.